The second-order valence-corrected chi connectivity index (χ2v) is 6.50. The number of rotatable bonds is 5. The molecule has 2 amide bonds. The lowest BCUT2D eigenvalue weighted by Crippen LogP contribution is -2.37. The quantitative estimate of drug-likeness (QED) is 0.811. The van der Waals surface area contributed by atoms with Crippen molar-refractivity contribution in [2.24, 2.45) is 0 Å². The summed E-state index contributed by atoms with van der Waals surface area (Å²) in [5, 5.41) is 5.50. The van der Waals surface area contributed by atoms with Crippen molar-refractivity contribution in [3.63, 3.8) is 0 Å². The number of amides is 2. The van der Waals surface area contributed by atoms with Gasteiger partial charge in [-0.25, -0.2) is 0 Å². The molecule has 136 valence electrons. The van der Waals surface area contributed by atoms with Gasteiger partial charge in [0.25, 0.3) is 0 Å². The topological polar surface area (TPSA) is 67.4 Å². The second-order valence-electron chi connectivity index (χ2n) is 6.50. The molecule has 0 fully saturated rings. The van der Waals surface area contributed by atoms with Crippen LogP contribution in [-0.2, 0) is 22.4 Å². The molecule has 0 saturated carbocycles. The van der Waals surface area contributed by atoms with Crippen molar-refractivity contribution in [2.45, 2.75) is 38.6 Å². The zero-order valence-electron chi connectivity index (χ0n) is 15.2. The number of fused-ring (bicyclic) bond motifs is 1. The highest BCUT2D eigenvalue weighted by molar-refractivity contribution is 6.39. The van der Waals surface area contributed by atoms with Gasteiger partial charge in [-0.05, 0) is 66.6 Å². The highest BCUT2D eigenvalue weighted by Gasteiger charge is 2.20. The zero-order chi connectivity index (χ0) is 18.5. The van der Waals surface area contributed by atoms with Gasteiger partial charge in [0.15, 0.2) is 0 Å². The van der Waals surface area contributed by atoms with E-state index in [0.717, 1.165) is 30.6 Å². The van der Waals surface area contributed by atoms with Crippen LogP contribution in [0.4, 0.5) is 5.69 Å². The minimum atomic E-state index is -0.644. The van der Waals surface area contributed by atoms with Crippen molar-refractivity contribution in [1.29, 1.82) is 0 Å². The Morgan fingerprint density at radius 1 is 1.04 bits per heavy atom. The van der Waals surface area contributed by atoms with Crippen LogP contribution in [0.15, 0.2) is 42.5 Å². The van der Waals surface area contributed by atoms with E-state index in [1.54, 1.807) is 7.11 Å². The maximum atomic E-state index is 12.3. The summed E-state index contributed by atoms with van der Waals surface area (Å²) in [6.07, 6.45) is 3.95. The van der Waals surface area contributed by atoms with E-state index in [2.05, 4.69) is 10.6 Å². The van der Waals surface area contributed by atoms with Crippen molar-refractivity contribution in [3.8, 4) is 5.75 Å². The Bertz CT molecular complexity index is 799. The number of benzene rings is 2. The van der Waals surface area contributed by atoms with Gasteiger partial charge in [0.05, 0.1) is 13.2 Å². The number of hydrogen-bond acceptors (Lipinski definition) is 3. The number of carbonyl (C=O) groups is 2. The maximum Gasteiger partial charge on any atom is 0.313 e. The Kier molecular flexibility index (Phi) is 5.56. The van der Waals surface area contributed by atoms with Gasteiger partial charge >= 0.3 is 11.8 Å². The minimum Gasteiger partial charge on any atom is -0.497 e. The molecule has 1 aliphatic carbocycles. The molecule has 0 radical (unpaired) electrons. The monoisotopic (exact) mass is 352 g/mol. The van der Waals surface area contributed by atoms with E-state index in [-0.39, 0.29) is 6.04 Å². The normalized spacial score (nSPS) is 13.6. The van der Waals surface area contributed by atoms with E-state index in [0.29, 0.717) is 12.1 Å². The van der Waals surface area contributed by atoms with E-state index in [1.807, 2.05) is 49.4 Å². The minimum absolute atomic E-state index is 0.223. The molecule has 0 saturated heterocycles. The van der Waals surface area contributed by atoms with Gasteiger partial charge in [0.1, 0.15) is 5.75 Å². The van der Waals surface area contributed by atoms with Gasteiger partial charge in [0, 0.05) is 5.69 Å². The fourth-order valence-electron chi connectivity index (χ4n) is 3.32. The van der Waals surface area contributed by atoms with Gasteiger partial charge in [-0.15, -0.1) is 0 Å². The van der Waals surface area contributed by atoms with Crippen LogP contribution in [0.25, 0.3) is 0 Å². The molecule has 26 heavy (non-hydrogen) atoms. The average molecular weight is 352 g/mol. The summed E-state index contributed by atoms with van der Waals surface area (Å²) in [4.78, 5) is 24.6. The average Bonchev–Trinajstić information content (AvgIpc) is 3.13. The van der Waals surface area contributed by atoms with Crippen molar-refractivity contribution in [1.82, 2.24) is 5.32 Å². The first-order chi connectivity index (χ1) is 12.6. The molecule has 1 atom stereocenters. The van der Waals surface area contributed by atoms with Crippen molar-refractivity contribution in [2.75, 3.05) is 12.4 Å². The van der Waals surface area contributed by atoms with Crippen LogP contribution < -0.4 is 15.4 Å². The lowest BCUT2D eigenvalue weighted by Gasteiger charge is -2.17. The molecular weight excluding hydrogens is 328 g/mol. The van der Waals surface area contributed by atoms with Gasteiger partial charge in [-0.1, -0.05) is 25.1 Å². The summed E-state index contributed by atoms with van der Waals surface area (Å²) in [5.74, 6) is -0.521. The maximum absolute atomic E-state index is 12.3. The first kappa shape index (κ1) is 18.0. The Morgan fingerprint density at radius 2 is 1.77 bits per heavy atom. The van der Waals surface area contributed by atoms with Crippen LogP contribution >= 0.6 is 0 Å². The van der Waals surface area contributed by atoms with Crippen LogP contribution in [0.3, 0.4) is 0 Å². The molecule has 5 nitrogen and oxygen atoms in total. The number of methoxy groups -OCH3 is 1. The molecule has 2 aromatic carbocycles. The molecule has 0 unspecified atom stereocenters. The number of ether oxygens (including phenoxy) is 1. The first-order valence-electron chi connectivity index (χ1n) is 8.98. The van der Waals surface area contributed by atoms with Gasteiger partial charge in [0.2, 0.25) is 0 Å². The van der Waals surface area contributed by atoms with Crippen molar-refractivity contribution in [3.05, 3.63) is 59.2 Å². The third kappa shape index (κ3) is 4.04. The lowest BCUT2D eigenvalue weighted by molar-refractivity contribution is -0.136. The van der Waals surface area contributed by atoms with Crippen LogP contribution in [0.5, 0.6) is 5.75 Å². The standard InChI is InChI=1S/C21H24N2O3/c1-3-19(15-8-11-18(26-2)12-9-15)23-21(25)20(24)22-17-10-7-14-5-4-6-16(14)13-17/h7-13,19H,3-6H2,1-2H3,(H,22,24)(H,23,25)/t19-/m1/s1. The van der Waals surface area contributed by atoms with Crippen LogP contribution in [-0.4, -0.2) is 18.9 Å². The van der Waals surface area contributed by atoms with Gasteiger partial charge < -0.3 is 15.4 Å². The Morgan fingerprint density at radius 3 is 2.46 bits per heavy atom. The fraction of sp³-hybridized carbons (Fsp3) is 0.333. The molecule has 1 aliphatic rings. The SMILES string of the molecule is CC[C@@H](NC(=O)C(=O)Nc1ccc2c(c1)CCC2)c1ccc(OC)cc1. The van der Waals surface area contributed by atoms with Crippen molar-refractivity contribution >= 4 is 17.5 Å². The molecule has 0 aromatic heterocycles. The lowest BCUT2D eigenvalue weighted by atomic mass is 10.0. The summed E-state index contributed by atoms with van der Waals surface area (Å²) in [5.41, 5.74) is 4.20. The number of nitrogens with one attached hydrogen (secondary N) is 2. The third-order valence-corrected chi connectivity index (χ3v) is 4.79. The number of anilines is 1. The summed E-state index contributed by atoms with van der Waals surface area (Å²) in [7, 11) is 1.61. The van der Waals surface area contributed by atoms with Crippen LogP contribution in [0, 0.1) is 0 Å². The van der Waals surface area contributed by atoms with Crippen LogP contribution in [0.2, 0.25) is 0 Å². The molecule has 0 aliphatic heterocycles. The first-order valence-corrected chi connectivity index (χ1v) is 8.98. The molecular formula is C21H24N2O3. The number of carbonyl (C=O) groups excluding carboxylic acids is 2. The molecule has 2 aromatic rings. The molecule has 0 heterocycles. The van der Waals surface area contributed by atoms with Gasteiger partial charge in [-0.2, -0.15) is 0 Å². The molecule has 0 spiro atoms. The van der Waals surface area contributed by atoms with E-state index < -0.39 is 11.8 Å². The highest BCUT2D eigenvalue weighted by Crippen LogP contribution is 2.25. The highest BCUT2D eigenvalue weighted by atomic mass is 16.5. The second kappa shape index (κ2) is 8.04. The molecule has 5 heteroatoms. The van der Waals surface area contributed by atoms with Crippen molar-refractivity contribution < 1.29 is 14.3 Å². The summed E-state index contributed by atoms with van der Waals surface area (Å²) in [6, 6.07) is 13.1. The predicted octanol–water partition coefficient (Wildman–Crippen LogP) is 3.39. The van der Waals surface area contributed by atoms with E-state index in [9.17, 15) is 9.59 Å². The van der Waals surface area contributed by atoms with Crippen LogP contribution in [0.1, 0.15) is 42.5 Å². The number of hydrogen-bond donors (Lipinski definition) is 2. The van der Waals surface area contributed by atoms with E-state index in [4.69, 9.17) is 4.74 Å². The molecule has 2 N–H and O–H groups in total. The van der Waals surface area contributed by atoms with E-state index in [1.165, 1.54) is 11.1 Å². The Hall–Kier alpha value is -2.82. The number of aryl methyl sites for hydroxylation is 2. The summed E-state index contributed by atoms with van der Waals surface area (Å²) in [6.45, 7) is 1.97. The fourth-order valence-corrected chi connectivity index (χ4v) is 3.32. The Labute approximate surface area is 153 Å². The molecule has 3 rings (SSSR count). The summed E-state index contributed by atoms with van der Waals surface area (Å²) < 4.78 is 5.15. The smallest absolute Gasteiger partial charge is 0.313 e. The predicted molar refractivity (Wildman–Crippen MR) is 101 cm³/mol. The summed E-state index contributed by atoms with van der Waals surface area (Å²) >= 11 is 0. The largest absolute Gasteiger partial charge is 0.497 e. The zero-order valence-corrected chi connectivity index (χ0v) is 15.2. The van der Waals surface area contributed by atoms with Gasteiger partial charge in [-0.3, -0.25) is 9.59 Å². The third-order valence-electron chi connectivity index (χ3n) is 4.79. The molecule has 0 bridgehead atoms. The van der Waals surface area contributed by atoms with E-state index >= 15 is 0 Å². The Balaban J connectivity index is 1.62.